The van der Waals surface area contributed by atoms with Crippen LogP contribution in [0.1, 0.15) is 23.6 Å². The second kappa shape index (κ2) is 8.80. The molecule has 0 saturated carbocycles. The number of carbonyl (C=O) groups is 1. The lowest BCUT2D eigenvalue weighted by Gasteiger charge is -2.09. The summed E-state index contributed by atoms with van der Waals surface area (Å²) in [6.07, 6.45) is 4.18. The highest BCUT2D eigenvalue weighted by Gasteiger charge is 2.04. The number of carbonyl (C=O) groups excluding carboxylic acids is 1. The van der Waals surface area contributed by atoms with Crippen molar-refractivity contribution >= 4 is 5.91 Å². The van der Waals surface area contributed by atoms with Crippen LogP contribution < -0.4 is 10.1 Å². The van der Waals surface area contributed by atoms with Gasteiger partial charge in [-0.15, -0.1) is 0 Å². The molecule has 0 aliphatic heterocycles. The monoisotopic (exact) mass is 350 g/mol. The minimum Gasteiger partial charge on any atom is -0.484 e. The van der Waals surface area contributed by atoms with Gasteiger partial charge in [-0.25, -0.2) is 9.67 Å². The summed E-state index contributed by atoms with van der Waals surface area (Å²) < 4.78 is 7.28. The molecule has 6 heteroatoms. The lowest BCUT2D eigenvalue weighted by molar-refractivity contribution is -0.123. The van der Waals surface area contributed by atoms with E-state index in [9.17, 15) is 4.79 Å². The number of nitrogens with zero attached hydrogens (tertiary/aromatic N) is 3. The van der Waals surface area contributed by atoms with Crippen LogP contribution in [-0.4, -0.2) is 27.3 Å². The fraction of sp³-hybridized carbons (Fsp3) is 0.250. The highest BCUT2D eigenvalue weighted by atomic mass is 16.5. The fourth-order valence-corrected chi connectivity index (χ4v) is 2.56. The number of aryl methyl sites for hydroxylation is 1. The molecule has 6 nitrogen and oxygen atoms in total. The average molecular weight is 350 g/mol. The summed E-state index contributed by atoms with van der Waals surface area (Å²) >= 11 is 0. The maximum Gasteiger partial charge on any atom is 0.258 e. The smallest absolute Gasteiger partial charge is 0.258 e. The van der Waals surface area contributed by atoms with Crippen molar-refractivity contribution in [3.8, 4) is 5.75 Å². The van der Waals surface area contributed by atoms with Gasteiger partial charge in [-0.1, -0.05) is 43.3 Å². The molecule has 0 aliphatic carbocycles. The second-order valence-corrected chi connectivity index (χ2v) is 5.98. The molecule has 26 heavy (non-hydrogen) atoms. The van der Waals surface area contributed by atoms with Crippen molar-refractivity contribution in [3.05, 3.63) is 77.9 Å². The first-order chi connectivity index (χ1) is 12.7. The van der Waals surface area contributed by atoms with E-state index in [2.05, 4.69) is 22.3 Å². The Morgan fingerprint density at radius 3 is 2.65 bits per heavy atom. The average Bonchev–Trinajstić information content (AvgIpc) is 3.18. The van der Waals surface area contributed by atoms with Gasteiger partial charge in [-0.05, 0) is 35.2 Å². The van der Waals surface area contributed by atoms with Crippen LogP contribution in [0.25, 0.3) is 0 Å². The van der Waals surface area contributed by atoms with E-state index in [1.54, 1.807) is 11.0 Å². The zero-order chi connectivity index (χ0) is 18.2. The molecule has 0 fully saturated rings. The molecule has 134 valence electrons. The highest BCUT2D eigenvalue weighted by Crippen LogP contribution is 2.12. The Morgan fingerprint density at radius 1 is 1.12 bits per heavy atom. The van der Waals surface area contributed by atoms with E-state index in [1.807, 2.05) is 48.5 Å². The molecule has 0 radical (unpaired) electrons. The van der Waals surface area contributed by atoms with E-state index in [4.69, 9.17) is 4.74 Å². The van der Waals surface area contributed by atoms with E-state index in [0.29, 0.717) is 18.8 Å². The summed E-state index contributed by atoms with van der Waals surface area (Å²) in [4.78, 5) is 15.9. The number of nitrogens with one attached hydrogen (secondary N) is 1. The summed E-state index contributed by atoms with van der Waals surface area (Å²) in [5, 5.41) is 6.98. The molecule has 0 unspecified atom stereocenters. The third kappa shape index (κ3) is 5.17. The summed E-state index contributed by atoms with van der Waals surface area (Å²) in [6, 6.07) is 15.8. The molecule has 1 aromatic heterocycles. The van der Waals surface area contributed by atoms with Gasteiger partial charge in [0, 0.05) is 6.54 Å². The van der Waals surface area contributed by atoms with Gasteiger partial charge in [-0.3, -0.25) is 4.79 Å². The lowest BCUT2D eigenvalue weighted by Crippen LogP contribution is -2.28. The van der Waals surface area contributed by atoms with Gasteiger partial charge in [0.25, 0.3) is 5.91 Å². The zero-order valence-corrected chi connectivity index (χ0v) is 14.8. The summed E-state index contributed by atoms with van der Waals surface area (Å²) in [5.74, 6) is 0.554. The Labute approximate surface area is 152 Å². The van der Waals surface area contributed by atoms with Gasteiger partial charge < -0.3 is 10.1 Å². The maximum atomic E-state index is 12.0. The number of aromatic nitrogens is 3. The summed E-state index contributed by atoms with van der Waals surface area (Å²) in [6.45, 7) is 3.22. The van der Waals surface area contributed by atoms with E-state index in [-0.39, 0.29) is 12.5 Å². The molecule has 1 amide bonds. The molecule has 0 atom stereocenters. The standard InChI is InChI=1S/C20H22N4O2/c1-2-16-6-8-19(9-7-16)26-13-20(25)22-11-17-4-3-5-18(10-17)12-24-15-21-14-23-24/h3-10,14-15H,2,11-13H2,1H3,(H,22,25). The van der Waals surface area contributed by atoms with Crippen molar-refractivity contribution in [2.45, 2.75) is 26.4 Å². The van der Waals surface area contributed by atoms with E-state index < -0.39 is 0 Å². The molecule has 0 bridgehead atoms. The van der Waals surface area contributed by atoms with Crippen molar-refractivity contribution in [1.29, 1.82) is 0 Å². The van der Waals surface area contributed by atoms with Crippen LogP contribution in [0.5, 0.6) is 5.75 Å². The van der Waals surface area contributed by atoms with Gasteiger partial charge in [0.05, 0.1) is 6.54 Å². The van der Waals surface area contributed by atoms with Crippen LogP contribution in [0.2, 0.25) is 0 Å². The second-order valence-electron chi connectivity index (χ2n) is 5.98. The minimum absolute atomic E-state index is 0.00409. The van der Waals surface area contributed by atoms with Gasteiger partial charge in [-0.2, -0.15) is 5.10 Å². The van der Waals surface area contributed by atoms with Crippen LogP contribution in [0.4, 0.5) is 0 Å². The van der Waals surface area contributed by atoms with Crippen molar-refractivity contribution in [2.75, 3.05) is 6.61 Å². The van der Waals surface area contributed by atoms with Gasteiger partial charge >= 0.3 is 0 Å². The molecule has 0 spiro atoms. The molecule has 3 rings (SSSR count). The fourth-order valence-electron chi connectivity index (χ4n) is 2.56. The van der Waals surface area contributed by atoms with Crippen molar-refractivity contribution in [2.24, 2.45) is 0 Å². The molecule has 2 aromatic carbocycles. The van der Waals surface area contributed by atoms with Crippen molar-refractivity contribution < 1.29 is 9.53 Å². The molecule has 1 heterocycles. The third-order valence-electron chi connectivity index (χ3n) is 3.99. The van der Waals surface area contributed by atoms with E-state index in [0.717, 1.165) is 17.5 Å². The van der Waals surface area contributed by atoms with Gasteiger partial charge in [0.1, 0.15) is 18.4 Å². The maximum absolute atomic E-state index is 12.0. The summed E-state index contributed by atoms with van der Waals surface area (Å²) in [5.41, 5.74) is 3.38. The number of benzene rings is 2. The molecule has 0 aliphatic rings. The SMILES string of the molecule is CCc1ccc(OCC(=O)NCc2cccc(Cn3cncn3)c2)cc1. The van der Waals surface area contributed by atoms with Crippen LogP contribution in [0, 0.1) is 0 Å². The van der Waals surface area contributed by atoms with Gasteiger partial charge in [0.15, 0.2) is 6.61 Å². The predicted octanol–water partition coefficient (Wildman–Crippen LogP) is 2.58. The quantitative estimate of drug-likeness (QED) is 0.678. The first kappa shape index (κ1) is 17.7. The first-order valence-electron chi connectivity index (χ1n) is 8.61. The number of rotatable bonds is 8. The predicted molar refractivity (Wildman–Crippen MR) is 98.7 cm³/mol. The minimum atomic E-state index is -0.147. The third-order valence-corrected chi connectivity index (χ3v) is 3.99. The van der Waals surface area contributed by atoms with Crippen LogP contribution in [0.3, 0.4) is 0 Å². The van der Waals surface area contributed by atoms with Crippen molar-refractivity contribution in [1.82, 2.24) is 20.1 Å². The lowest BCUT2D eigenvalue weighted by atomic mass is 10.1. The number of amides is 1. The van der Waals surface area contributed by atoms with E-state index in [1.165, 1.54) is 11.9 Å². The molecular formula is C20H22N4O2. The normalized spacial score (nSPS) is 10.5. The Hall–Kier alpha value is -3.15. The Morgan fingerprint density at radius 2 is 1.92 bits per heavy atom. The molecule has 0 saturated heterocycles. The first-order valence-corrected chi connectivity index (χ1v) is 8.61. The topological polar surface area (TPSA) is 69.0 Å². The molecule has 3 aromatic rings. The Bertz CT molecular complexity index is 829. The van der Waals surface area contributed by atoms with Crippen LogP contribution in [0.15, 0.2) is 61.2 Å². The largest absolute Gasteiger partial charge is 0.484 e. The molecular weight excluding hydrogens is 328 g/mol. The zero-order valence-electron chi connectivity index (χ0n) is 14.8. The number of hydrogen-bond acceptors (Lipinski definition) is 4. The Kier molecular flexibility index (Phi) is 5.98. The summed E-state index contributed by atoms with van der Waals surface area (Å²) in [7, 11) is 0. The Balaban J connectivity index is 1.46. The highest BCUT2D eigenvalue weighted by molar-refractivity contribution is 5.77. The number of hydrogen-bond donors (Lipinski definition) is 1. The molecule has 1 N–H and O–H groups in total. The van der Waals surface area contributed by atoms with Gasteiger partial charge in [0.2, 0.25) is 0 Å². The number of ether oxygens (including phenoxy) is 1. The van der Waals surface area contributed by atoms with Crippen molar-refractivity contribution in [3.63, 3.8) is 0 Å². The van der Waals surface area contributed by atoms with Crippen LogP contribution in [-0.2, 0) is 24.3 Å². The van der Waals surface area contributed by atoms with E-state index >= 15 is 0 Å². The van der Waals surface area contributed by atoms with Crippen LogP contribution >= 0.6 is 0 Å².